The molecule has 0 amide bonds. The van der Waals surface area contributed by atoms with Gasteiger partial charge in [-0.05, 0) is 95.8 Å². The first-order chi connectivity index (χ1) is 14.9. The first-order valence-electron chi connectivity index (χ1n) is 11.3. The summed E-state index contributed by atoms with van der Waals surface area (Å²) in [4.78, 5) is 0. The number of hydrogen-bond donors (Lipinski definition) is 0. The van der Waals surface area contributed by atoms with Crippen molar-refractivity contribution in [2.75, 3.05) is 0 Å². The molecule has 31 heavy (non-hydrogen) atoms. The molecule has 0 atom stereocenters. The number of fused-ring (bicyclic) bond motifs is 7. The SMILES string of the molecule is Cc1cc(C)c(C)c(-c2c3c(cc[n+]2C)-c2c(ccc4c2-c2cccc(C)c2C4)C3)c1. The third kappa shape index (κ3) is 2.53. The highest BCUT2D eigenvalue weighted by Crippen LogP contribution is 2.50. The van der Waals surface area contributed by atoms with Crippen LogP contribution in [0.25, 0.3) is 33.5 Å². The molecular weight excluding hydrogens is 374 g/mol. The second-order valence-electron chi connectivity index (χ2n) is 9.51. The maximum Gasteiger partial charge on any atom is 0.216 e. The van der Waals surface area contributed by atoms with Crippen molar-refractivity contribution in [3.63, 3.8) is 0 Å². The van der Waals surface area contributed by atoms with E-state index in [1.807, 2.05) is 0 Å². The fourth-order valence-electron chi connectivity index (χ4n) is 5.90. The Balaban J connectivity index is 1.65. The van der Waals surface area contributed by atoms with E-state index in [4.69, 9.17) is 0 Å². The first kappa shape index (κ1) is 18.6. The van der Waals surface area contributed by atoms with Crippen LogP contribution in [0.2, 0.25) is 0 Å². The lowest BCUT2D eigenvalue weighted by Gasteiger charge is -2.13. The Kier molecular flexibility index (Phi) is 3.84. The normalized spacial score (nSPS) is 13.1. The molecule has 0 spiro atoms. The van der Waals surface area contributed by atoms with E-state index in [0.717, 1.165) is 12.8 Å². The van der Waals surface area contributed by atoms with E-state index in [-0.39, 0.29) is 0 Å². The fourth-order valence-corrected chi connectivity index (χ4v) is 5.90. The molecule has 0 unspecified atom stereocenters. The van der Waals surface area contributed by atoms with Crippen LogP contribution in [0.5, 0.6) is 0 Å². The minimum Gasteiger partial charge on any atom is -0.201 e. The molecule has 0 N–H and O–H groups in total. The molecule has 2 aliphatic rings. The molecule has 1 aromatic heterocycles. The zero-order chi connectivity index (χ0) is 21.4. The van der Waals surface area contributed by atoms with Gasteiger partial charge in [-0.2, -0.15) is 0 Å². The Labute approximate surface area is 185 Å². The van der Waals surface area contributed by atoms with Gasteiger partial charge in [-0.15, -0.1) is 0 Å². The average Bonchev–Trinajstić information content (AvgIpc) is 3.29. The number of aryl methyl sites for hydroxylation is 4. The molecule has 1 nitrogen and oxygen atoms in total. The molecule has 2 aliphatic carbocycles. The summed E-state index contributed by atoms with van der Waals surface area (Å²) in [6.45, 7) is 8.96. The molecule has 0 fully saturated rings. The standard InChI is InChI=1S/C30H28N/c1-17-13-19(3)20(4)26(14-17)30-27-16-22-10-9-21-15-25-18(2)7-6-8-23(25)28(21)29(22)24(27)11-12-31(30)5/h6-14H,15-16H2,1-5H3/q+1. The summed E-state index contributed by atoms with van der Waals surface area (Å²) in [7, 11) is 2.19. The molecule has 152 valence electrons. The van der Waals surface area contributed by atoms with Crippen LogP contribution in [0.3, 0.4) is 0 Å². The van der Waals surface area contributed by atoms with Crippen LogP contribution in [-0.2, 0) is 19.9 Å². The van der Waals surface area contributed by atoms with Gasteiger partial charge in [0.1, 0.15) is 7.05 Å². The van der Waals surface area contributed by atoms with Gasteiger partial charge in [0.15, 0.2) is 6.20 Å². The lowest BCUT2D eigenvalue weighted by atomic mass is 9.92. The number of benzene rings is 3. The van der Waals surface area contributed by atoms with E-state index < -0.39 is 0 Å². The molecule has 0 radical (unpaired) electrons. The lowest BCUT2D eigenvalue weighted by Crippen LogP contribution is -2.32. The van der Waals surface area contributed by atoms with Crippen LogP contribution in [0, 0.1) is 27.7 Å². The molecule has 4 aromatic rings. The van der Waals surface area contributed by atoms with E-state index in [1.54, 1.807) is 0 Å². The smallest absolute Gasteiger partial charge is 0.201 e. The van der Waals surface area contributed by atoms with Gasteiger partial charge in [-0.25, -0.2) is 4.57 Å². The van der Waals surface area contributed by atoms with Crippen molar-refractivity contribution < 1.29 is 4.57 Å². The summed E-state index contributed by atoms with van der Waals surface area (Å²) in [5.74, 6) is 0. The predicted octanol–water partition coefficient (Wildman–Crippen LogP) is 6.55. The summed E-state index contributed by atoms with van der Waals surface area (Å²) >= 11 is 0. The highest BCUT2D eigenvalue weighted by Gasteiger charge is 2.33. The molecule has 1 heteroatoms. The van der Waals surface area contributed by atoms with Gasteiger partial charge in [0.05, 0.1) is 0 Å². The Bertz CT molecular complexity index is 1420. The Morgan fingerprint density at radius 2 is 1.35 bits per heavy atom. The summed E-state index contributed by atoms with van der Waals surface area (Å²) in [6, 6.07) is 18.6. The Hall–Kier alpha value is -3.19. The van der Waals surface area contributed by atoms with Crippen LogP contribution in [0.4, 0.5) is 0 Å². The summed E-state index contributed by atoms with van der Waals surface area (Å²) in [6.07, 6.45) is 4.32. The molecule has 6 rings (SSSR count). The second-order valence-corrected chi connectivity index (χ2v) is 9.51. The molecule has 0 aliphatic heterocycles. The molecule has 3 aromatic carbocycles. The first-order valence-corrected chi connectivity index (χ1v) is 11.3. The van der Waals surface area contributed by atoms with E-state index in [1.165, 1.54) is 78.0 Å². The van der Waals surface area contributed by atoms with Crippen molar-refractivity contribution in [1.29, 1.82) is 0 Å². The largest absolute Gasteiger partial charge is 0.216 e. The monoisotopic (exact) mass is 402 g/mol. The summed E-state index contributed by atoms with van der Waals surface area (Å²) < 4.78 is 2.32. The highest BCUT2D eigenvalue weighted by atomic mass is 14.9. The lowest BCUT2D eigenvalue weighted by molar-refractivity contribution is -0.660. The van der Waals surface area contributed by atoms with E-state index >= 15 is 0 Å². The van der Waals surface area contributed by atoms with Crippen molar-refractivity contribution in [2.45, 2.75) is 40.5 Å². The van der Waals surface area contributed by atoms with Crippen LogP contribution in [-0.4, -0.2) is 0 Å². The maximum absolute atomic E-state index is 2.38. The molecule has 0 saturated heterocycles. The number of hydrogen-bond acceptors (Lipinski definition) is 0. The zero-order valence-corrected chi connectivity index (χ0v) is 19.1. The highest BCUT2D eigenvalue weighted by molar-refractivity contribution is 5.97. The quantitative estimate of drug-likeness (QED) is 0.274. The van der Waals surface area contributed by atoms with Gasteiger partial charge in [-0.3, -0.25) is 0 Å². The predicted molar refractivity (Wildman–Crippen MR) is 128 cm³/mol. The summed E-state index contributed by atoms with van der Waals surface area (Å²) in [5, 5.41) is 0. The molecular formula is C30H28N+. The maximum atomic E-state index is 2.38. The number of nitrogens with zero attached hydrogens (tertiary/aromatic N) is 1. The third-order valence-electron chi connectivity index (χ3n) is 7.56. The van der Waals surface area contributed by atoms with Crippen molar-refractivity contribution in [3.05, 3.63) is 99.2 Å². The van der Waals surface area contributed by atoms with Crippen LogP contribution >= 0.6 is 0 Å². The third-order valence-corrected chi connectivity index (χ3v) is 7.56. The number of rotatable bonds is 1. The van der Waals surface area contributed by atoms with Crippen molar-refractivity contribution in [1.82, 2.24) is 0 Å². The van der Waals surface area contributed by atoms with Crippen molar-refractivity contribution >= 4 is 0 Å². The van der Waals surface area contributed by atoms with Gasteiger partial charge in [0.25, 0.3) is 0 Å². The number of pyridine rings is 1. The number of aromatic nitrogens is 1. The van der Waals surface area contributed by atoms with E-state index in [9.17, 15) is 0 Å². The zero-order valence-electron chi connectivity index (χ0n) is 19.1. The Morgan fingerprint density at radius 1 is 0.677 bits per heavy atom. The summed E-state index contributed by atoms with van der Waals surface area (Å²) in [5.41, 5.74) is 20.0. The van der Waals surface area contributed by atoms with E-state index in [2.05, 4.69) is 94.0 Å². The van der Waals surface area contributed by atoms with Gasteiger partial charge in [-0.1, -0.05) is 42.0 Å². The van der Waals surface area contributed by atoms with Gasteiger partial charge in [0.2, 0.25) is 5.69 Å². The van der Waals surface area contributed by atoms with Crippen LogP contribution in [0.1, 0.15) is 44.5 Å². The minimum atomic E-state index is 1.01. The minimum absolute atomic E-state index is 1.01. The topological polar surface area (TPSA) is 3.88 Å². The van der Waals surface area contributed by atoms with Crippen molar-refractivity contribution in [3.8, 4) is 33.5 Å². The van der Waals surface area contributed by atoms with Crippen LogP contribution < -0.4 is 4.57 Å². The average molecular weight is 403 g/mol. The molecule has 1 heterocycles. The fraction of sp³-hybridized carbons (Fsp3) is 0.233. The Morgan fingerprint density at radius 3 is 2.10 bits per heavy atom. The molecule has 0 saturated carbocycles. The second kappa shape index (κ2) is 6.40. The van der Waals surface area contributed by atoms with Crippen molar-refractivity contribution in [2.24, 2.45) is 7.05 Å². The van der Waals surface area contributed by atoms with Gasteiger partial charge in [0, 0.05) is 23.6 Å². The molecule has 0 bridgehead atoms. The van der Waals surface area contributed by atoms with Crippen LogP contribution in [0.15, 0.2) is 54.7 Å². The van der Waals surface area contributed by atoms with Gasteiger partial charge >= 0.3 is 0 Å². The van der Waals surface area contributed by atoms with Gasteiger partial charge < -0.3 is 0 Å². The van der Waals surface area contributed by atoms with E-state index in [0.29, 0.717) is 0 Å².